The van der Waals surface area contributed by atoms with Crippen LogP contribution in [0.25, 0.3) is 0 Å². The molecule has 0 radical (unpaired) electrons. The zero-order valence-electron chi connectivity index (χ0n) is 24.3. The normalized spacial score (nSPS) is 14.5. The number of sulfonamides is 1. The minimum absolute atomic E-state index is 0.0158. The lowest BCUT2D eigenvalue weighted by molar-refractivity contribution is -0.139. The number of ether oxygens (including phenoxy) is 1. The van der Waals surface area contributed by atoms with E-state index in [2.05, 4.69) is 5.32 Å². The predicted octanol–water partition coefficient (Wildman–Crippen LogP) is 5.94. The summed E-state index contributed by atoms with van der Waals surface area (Å²) >= 11 is 6.43. The SMILES string of the molecule is CCOc1ccc(S(=O)(=O)N(CC(=O)N(Cc2ccccc2Cl)[C@H](C)C(=O)NC2CCCCC2)c2ccc(F)cc2)cc1. The Balaban J connectivity index is 1.67. The van der Waals surface area contributed by atoms with Gasteiger partial charge < -0.3 is 15.0 Å². The topological polar surface area (TPSA) is 96.0 Å². The maximum Gasteiger partial charge on any atom is 0.264 e. The minimum atomic E-state index is -4.30. The minimum Gasteiger partial charge on any atom is -0.494 e. The van der Waals surface area contributed by atoms with Crippen LogP contribution in [0.3, 0.4) is 0 Å². The molecule has 43 heavy (non-hydrogen) atoms. The first-order valence-electron chi connectivity index (χ1n) is 14.4. The Hall–Kier alpha value is -3.63. The van der Waals surface area contributed by atoms with E-state index in [1.165, 1.54) is 41.3 Å². The summed E-state index contributed by atoms with van der Waals surface area (Å²) in [4.78, 5) is 28.7. The molecule has 3 aromatic rings. The summed E-state index contributed by atoms with van der Waals surface area (Å²) in [6.07, 6.45) is 4.92. The van der Waals surface area contributed by atoms with E-state index in [1.807, 2.05) is 6.92 Å². The maximum absolute atomic E-state index is 14.1. The van der Waals surface area contributed by atoms with Gasteiger partial charge in [0.05, 0.1) is 17.2 Å². The van der Waals surface area contributed by atoms with Gasteiger partial charge >= 0.3 is 0 Å². The second kappa shape index (κ2) is 14.7. The van der Waals surface area contributed by atoms with Crippen molar-refractivity contribution in [1.82, 2.24) is 10.2 Å². The van der Waals surface area contributed by atoms with Gasteiger partial charge in [-0.2, -0.15) is 0 Å². The number of hydrogen-bond donors (Lipinski definition) is 1. The van der Waals surface area contributed by atoms with Gasteiger partial charge in [0.15, 0.2) is 0 Å². The van der Waals surface area contributed by atoms with E-state index in [1.54, 1.807) is 31.2 Å². The van der Waals surface area contributed by atoms with Crippen molar-refractivity contribution in [2.45, 2.75) is 69.5 Å². The van der Waals surface area contributed by atoms with E-state index < -0.39 is 34.3 Å². The van der Waals surface area contributed by atoms with Crippen molar-refractivity contribution >= 4 is 39.1 Å². The van der Waals surface area contributed by atoms with Crippen LogP contribution in [0.2, 0.25) is 5.02 Å². The average molecular weight is 630 g/mol. The summed E-state index contributed by atoms with van der Waals surface area (Å²) in [7, 11) is -4.30. The number of hydrogen-bond acceptors (Lipinski definition) is 5. The largest absolute Gasteiger partial charge is 0.494 e. The van der Waals surface area contributed by atoms with Crippen molar-refractivity contribution in [2.24, 2.45) is 0 Å². The summed E-state index contributed by atoms with van der Waals surface area (Å²) in [5.74, 6) is -1.00. The fraction of sp³-hybridized carbons (Fsp3) is 0.375. The molecule has 1 aliphatic carbocycles. The first-order chi connectivity index (χ1) is 20.6. The molecule has 0 saturated heterocycles. The van der Waals surface area contributed by atoms with Crippen LogP contribution in [0, 0.1) is 5.82 Å². The molecule has 230 valence electrons. The van der Waals surface area contributed by atoms with Crippen molar-refractivity contribution in [1.29, 1.82) is 0 Å². The van der Waals surface area contributed by atoms with Gasteiger partial charge in [-0.1, -0.05) is 49.1 Å². The number of carbonyl (C=O) groups excluding carboxylic acids is 2. The Morgan fingerprint density at radius 3 is 2.28 bits per heavy atom. The van der Waals surface area contributed by atoms with Gasteiger partial charge in [0.1, 0.15) is 24.2 Å². The number of nitrogens with one attached hydrogen (secondary N) is 1. The van der Waals surface area contributed by atoms with E-state index in [0.29, 0.717) is 22.9 Å². The summed E-state index contributed by atoms with van der Waals surface area (Å²) in [6.45, 7) is 3.20. The molecule has 1 atom stereocenters. The van der Waals surface area contributed by atoms with Crippen molar-refractivity contribution in [3.8, 4) is 5.75 Å². The molecule has 8 nitrogen and oxygen atoms in total. The Morgan fingerprint density at radius 2 is 1.65 bits per heavy atom. The van der Waals surface area contributed by atoms with Crippen LogP contribution >= 0.6 is 11.6 Å². The van der Waals surface area contributed by atoms with Gasteiger partial charge in [-0.15, -0.1) is 0 Å². The lowest BCUT2D eigenvalue weighted by Crippen LogP contribution is -2.53. The smallest absolute Gasteiger partial charge is 0.264 e. The Labute approximate surface area is 257 Å². The third kappa shape index (κ3) is 8.26. The van der Waals surface area contributed by atoms with Crippen molar-refractivity contribution in [2.75, 3.05) is 17.5 Å². The third-order valence-electron chi connectivity index (χ3n) is 7.53. The van der Waals surface area contributed by atoms with Gasteiger partial charge in [0, 0.05) is 17.6 Å². The van der Waals surface area contributed by atoms with Crippen molar-refractivity contribution < 1.29 is 27.1 Å². The molecule has 0 spiro atoms. The first-order valence-corrected chi connectivity index (χ1v) is 16.3. The van der Waals surface area contributed by atoms with E-state index in [0.717, 1.165) is 48.5 Å². The number of anilines is 1. The number of carbonyl (C=O) groups is 2. The Morgan fingerprint density at radius 1 is 1.00 bits per heavy atom. The highest BCUT2D eigenvalue weighted by atomic mass is 35.5. The highest BCUT2D eigenvalue weighted by molar-refractivity contribution is 7.92. The lowest BCUT2D eigenvalue weighted by atomic mass is 9.95. The molecule has 0 unspecified atom stereocenters. The molecular formula is C32H37ClFN3O5S. The number of halogens is 2. The monoisotopic (exact) mass is 629 g/mol. The molecule has 1 fully saturated rings. The van der Waals surface area contributed by atoms with E-state index in [4.69, 9.17) is 16.3 Å². The van der Waals surface area contributed by atoms with Crippen LogP contribution in [0.5, 0.6) is 5.75 Å². The zero-order valence-corrected chi connectivity index (χ0v) is 25.9. The summed E-state index contributed by atoms with van der Waals surface area (Å²) < 4.78 is 48.1. The van der Waals surface area contributed by atoms with Crippen LogP contribution in [0.1, 0.15) is 51.5 Å². The summed E-state index contributed by atoms with van der Waals surface area (Å²) in [6, 6.07) is 16.8. The van der Waals surface area contributed by atoms with Crippen LogP contribution in [0.15, 0.2) is 77.7 Å². The van der Waals surface area contributed by atoms with Gasteiger partial charge in [-0.3, -0.25) is 13.9 Å². The molecule has 1 aliphatic rings. The molecule has 0 heterocycles. The third-order valence-corrected chi connectivity index (χ3v) is 9.69. The zero-order chi connectivity index (χ0) is 31.0. The molecule has 0 bridgehead atoms. The molecular weight excluding hydrogens is 593 g/mol. The van der Waals surface area contributed by atoms with Gasteiger partial charge in [-0.25, -0.2) is 12.8 Å². The van der Waals surface area contributed by atoms with Crippen LogP contribution in [-0.2, 0) is 26.2 Å². The quantitative estimate of drug-likeness (QED) is 0.268. The van der Waals surface area contributed by atoms with E-state index >= 15 is 0 Å². The molecule has 1 N–H and O–H groups in total. The fourth-order valence-corrected chi connectivity index (χ4v) is 6.71. The highest BCUT2D eigenvalue weighted by Crippen LogP contribution is 2.27. The van der Waals surface area contributed by atoms with Crippen LogP contribution in [0.4, 0.5) is 10.1 Å². The fourth-order valence-electron chi connectivity index (χ4n) is 5.10. The number of benzene rings is 3. The molecule has 4 rings (SSSR count). The maximum atomic E-state index is 14.1. The van der Waals surface area contributed by atoms with Gasteiger partial charge in [0.2, 0.25) is 11.8 Å². The standard InChI is InChI=1S/C32H37ClFN3O5S/c1-3-42-28-17-19-29(20-18-28)43(40,41)37(27-15-13-25(34)14-16-27)22-31(38)36(21-24-9-7-8-12-30(24)33)23(2)32(39)35-26-10-5-4-6-11-26/h7-9,12-20,23,26H,3-6,10-11,21-22H2,1-2H3,(H,35,39)/t23-/m1/s1. The molecule has 0 aromatic heterocycles. The molecule has 0 aliphatic heterocycles. The van der Waals surface area contributed by atoms with Crippen molar-refractivity contribution in [3.63, 3.8) is 0 Å². The second-order valence-electron chi connectivity index (χ2n) is 10.5. The highest BCUT2D eigenvalue weighted by Gasteiger charge is 2.33. The number of amides is 2. The molecule has 1 saturated carbocycles. The summed E-state index contributed by atoms with van der Waals surface area (Å²) in [5.41, 5.74) is 0.707. The van der Waals surface area contributed by atoms with Crippen LogP contribution in [-0.4, -0.2) is 50.4 Å². The first kappa shape index (κ1) is 32.3. The molecule has 11 heteroatoms. The number of rotatable bonds is 12. The van der Waals surface area contributed by atoms with Gasteiger partial charge in [0.25, 0.3) is 10.0 Å². The number of nitrogens with zero attached hydrogens (tertiary/aromatic N) is 2. The van der Waals surface area contributed by atoms with E-state index in [9.17, 15) is 22.4 Å². The van der Waals surface area contributed by atoms with Crippen LogP contribution < -0.4 is 14.4 Å². The molecule has 3 aromatic carbocycles. The molecule has 2 amide bonds. The average Bonchev–Trinajstić information content (AvgIpc) is 3.00. The predicted molar refractivity (Wildman–Crippen MR) is 165 cm³/mol. The second-order valence-corrected chi connectivity index (χ2v) is 12.8. The Bertz CT molecular complexity index is 1500. The Kier molecular flexibility index (Phi) is 11.0. The van der Waals surface area contributed by atoms with Crippen molar-refractivity contribution in [3.05, 3.63) is 89.2 Å². The van der Waals surface area contributed by atoms with Gasteiger partial charge in [-0.05, 0) is 86.8 Å². The van der Waals surface area contributed by atoms with E-state index in [-0.39, 0.29) is 29.1 Å². The lowest BCUT2D eigenvalue weighted by Gasteiger charge is -2.33. The summed E-state index contributed by atoms with van der Waals surface area (Å²) in [5, 5.41) is 3.48.